The number of H-pyrrole nitrogens is 1. The maximum absolute atomic E-state index is 12.1. The number of nitrogens with one attached hydrogen (secondary N) is 1. The van der Waals surface area contributed by atoms with E-state index in [1.165, 1.54) is 11.3 Å². The molecule has 0 aliphatic heterocycles. The van der Waals surface area contributed by atoms with Gasteiger partial charge in [-0.15, -0.1) is 11.3 Å². The van der Waals surface area contributed by atoms with Gasteiger partial charge in [-0.3, -0.25) is 9.59 Å². The Balaban J connectivity index is 1.65. The van der Waals surface area contributed by atoms with Crippen molar-refractivity contribution in [2.24, 2.45) is 0 Å². The van der Waals surface area contributed by atoms with Crippen molar-refractivity contribution in [3.8, 4) is 0 Å². The van der Waals surface area contributed by atoms with Crippen molar-refractivity contribution < 1.29 is 9.21 Å². The number of aryl methyl sites for hydroxylation is 1. The van der Waals surface area contributed by atoms with Crippen molar-refractivity contribution in [3.63, 3.8) is 0 Å². The summed E-state index contributed by atoms with van der Waals surface area (Å²) in [6.07, 6.45) is 2.51. The number of carbonyl (C=O) groups excluding carboxylic acids is 1. The van der Waals surface area contributed by atoms with Crippen LogP contribution in [-0.4, -0.2) is 27.8 Å². The molecule has 0 saturated carbocycles. The first-order valence-corrected chi connectivity index (χ1v) is 7.74. The van der Waals surface area contributed by atoms with Gasteiger partial charge >= 0.3 is 0 Å². The summed E-state index contributed by atoms with van der Waals surface area (Å²) < 4.78 is 5.81. The van der Waals surface area contributed by atoms with Crippen LogP contribution in [0.15, 0.2) is 39.1 Å². The number of aromatic nitrogens is 2. The molecule has 1 amide bonds. The second kappa shape index (κ2) is 6.15. The summed E-state index contributed by atoms with van der Waals surface area (Å²) in [5, 5.41) is 1.83. The first-order valence-electron chi connectivity index (χ1n) is 6.86. The number of thiophene rings is 1. The number of furan rings is 1. The van der Waals surface area contributed by atoms with E-state index in [1.54, 1.807) is 30.3 Å². The van der Waals surface area contributed by atoms with Crippen molar-refractivity contribution in [3.05, 3.63) is 51.8 Å². The van der Waals surface area contributed by atoms with Gasteiger partial charge in [-0.2, -0.15) is 0 Å². The first-order chi connectivity index (χ1) is 10.6. The molecule has 22 heavy (non-hydrogen) atoms. The van der Waals surface area contributed by atoms with Crippen LogP contribution in [0.1, 0.15) is 18.0 Å². The number of amides is 1. The number of nitrogens with zero attached hydrogens (tertiary/aromatic N) is 2. The molecule has 3 aromatic rings. The Bertz CT molecular complexity index is 835. The number of fused-ring (bicyclic) bond motifs is 1. The fourth-order valence-electron chi connectivity index (χ4n) is 2.19. The lowest BCUT2D eigenvalue weighted by molar-refractivity contribution is -0.130. The zero-order valence-electron chi connectivity index (χ0n) is 12.0. The molecule has 0 bridgehead atoms. The Morgan fingerprint density at radius 3 is 3.09 bits per heavy atom. The molecule has 0 aliphatic rings. The second-order valence-corrected chi connectivity index (χ2v) is 5.89. The van der Waals surface area contributed by atoms with Gasteiger partial charge in [0.15, 0.2) is 0 Å². The highest BCUT2D eigenvalue weighted by atomic mass is 32.1. The SMILES string of the molecule is CN(Cc1nc2ccsc2c(=O)[nH]1)C(=O)CCc1ccco1. The van der Waals surface area contributed by atoms with Crippen LogP contribution in [0.4, 0.5) is 0 Å². The number of hydrogen-bond acceptors (Lipinski definition) is 5. The summed E-state index contributed by atoms with van der Waals surface area (Å²) >= 11 is 1.36. The molecule has 3 aromatic heterocycles. The summed E-state index contributed by atoms with van der Waals surface area (Å²) in [5.41, 5.74) is 0.506. The van der Waals surface area contributed by atoms with Crippen molar-refractivity contribution >= 4 is 27.5 Å². The van der Waals surface area contributed by atoms with Gasteiger partial charge in [0, 0.05) is 19.9 Å². The van der Waals surface area contributed by atoms with E-state index < -0.39 is 0 Å². The Morgan fingerprint density at radius 1 is 1.45 bits per heavy atom. The minimum Gasteiger partial charge on any atom is -0.469 e. The molecule has 3 rings (SSSR count). The molecule has 3 heterocycles. The Kier molecular flexibility index (Phi) is 4.06. The summed E-state index contributed by atoms with van der Waals surface area (Å²) in [6, 6.07) is 5.45. The highest BCUT2D eigenvalue weighted by Gasteiger charge is 2.13. The molecule has 1 N–H and O–H groups in total. The molecular formula is C15H15N3O3S. The van der Waals surface area contributed by atoms with Crippen LogP contribution in [-0.2, 0) is 17.8 Å². The van der Waals surface area contributed by atoms with E-state index in [4.69, 9.17) is 4.42 Å². The van der Waals surface area contributed by atoms with Crippen LogP contribution in [0, 0.1) is 0 Å². The van der Waals surface area contributed by atoms with Crippen LogP contribution in [0.2, 0.25) is 0 Å². The summed E-state index contributed by atoms with van der Waals surface area (Å²) in [6.45, 7) is 0.276. The molecular weight excluding hydrogens is 302 g/mol. The maximum Gasteiger partial charge on any atom is 0.268 e. The molecule has 114 valence electrons. The monoisotopic (exact) mass is 317 g/mol. The van der Waals surface area contributed by atoms with Gasteiger partial charge in [0.1, 0.15) is 16.3 Å². The number of carbonyl (C=O) groups is 1. The van der Waals surface area contributed by atoms with E-state index in [0.29, 0.717) is 28.9 Å². The van der Waals surface area contributed by atoms with Gasteiger partial charge in [0.2, 0.25) is 5.91 Å². The van der Waals surface area contributed by atoms with E-state index in [2.05, 4.69) is 9.97 Å². The predicted octanol–water partition coefficient (Wildman–Crippen LogP) is 2.17. The van der Waals surface area contributed by atoms with Crippen LogP contribution in [0.5, 0.6) is 0 Å². The molecule has 6 nitrogen and oxygen atoms in total. The van der Waals surface area contributed by atoms with Gasteiger partial charge in [0.25, 0.3) is 5.56 Å². The van der Waals surface area contributed by atoms with Gasteiger partial charge in [-0.25, -0.2) is 4.98 Å². The average Bonchev–Trinajstić information content (AvgIpc) is 3.15. The number of rotatable bonds is 5. The van der Waals surface area contributed by atoms with Gasteiger partial charge in [0.05, 0.1) is 18.3 Å². The van der Waals surface area contributed by atoms with E-state index in [0.717, 1.165) is 5.76 Å². The lowest BCUT2D eigenvalue weighted by Crippen LogP contribution is -2.28. The van der Waals surface area contributed by atoms with E-state index in [1.807, 2.05) is 11.4 Å². The highest BCUT2D eigenvalue weighted by Crippen LogP contribution is 2.14. The highest BCUT2D eigenvalue weighted by molar-refractivity contribution is 7.17. The van der Waals surface area contributed by atoms with Gasteiger partial charge < -0.3 is 14.3 Å². The normalized spacial score (nSPS) is 11.0. The van der Waals surface area contributed by atoms with Crippen LogP contribution in [0.25, 0.3) is 10.2 Å². The Labute approximate surface area is 130 Å². The van der Waals surface area contributed by atoms with Crippen LogP contribution in [0.3, 0.4) is 0 Å². The molecule has 0 unspecified atom stereocenters. The molecule has 0 saturated heterocycles. The quantitative estimate of drug-likeness (QED) is 0.782. The largest absolute Gasteiger partial charge is 0.469 e. The third kappa shape index (κ3) is 3.09. The fraction of sp³-hybridized carbons (Fsp3) is 0.267. The fourth-order valence-corrected chi connectivity index (χ4v) is 2.91. The third-order valence-electron chi connectivity index (χ3n) is 3.34. The lowest BCUT2D eigenvalue weighted by atomic mass is 10.2. The van der Waals surface area contributed by atoms with E-state index >= 15 is 0 Å². The zero-order chi connectivity index (χ0) is 15.5. The minimum atomic E-state index is -0.161. The van der Waals surface area contributed by atoms with Crippen molar-refractivity contribution in [1.82, 2.24) is 14.9 Å². The smallest absolute Gasteiger partial charge is 0.268 e. The molecule has 0 atom stereocenters. The molecule has 7 heteroatoms. The minimum absolute atomic E-state index is 0.0236. The first kappa shape index (κ1) is 14.5. The lowest BCUT2D eigenvalue weighted by Gasteiger charge is -2.16. The van der Waals surface area contributed by atoms with Crippen LogP contribution < -0.4 is 5.56 Å². The standard InChI is InChI=1S/C15H15N3O3S/c1-18(13(19)5-4-10-3-2-7-21-10)9-12-16-11-6-8-22-14(11)15(20)17-12/h2-3,6-8H,4-5,9H2,1H3,(H,16,17,20). The predicted molar refractivity (Wildman–Crippen MR) is 83.7 cm³/mol. The van der Waals surface area contributed by atoms with Crippen molar-refractivity contribution in [2.75, 3.05) is 7.05 Å². The topological polar surface area (TPSA) is 79.2 Å². The summed E-state index contributed by atoms with van der Waals surface area (Å²) in [5.74, 6) is 1.25. The molecule has 0 fully saturated rings. The van der Waals surface area contributed by atoms with Crippen molar-refractivity contribution in [2.45, 2.75) is 19.4 Å². The van der Waals surface area contributed by atoms with E-state index in [-0.39, 0.29) is 18.0 Å². The van der Waals surface area contributed by atoms with E-state index in [9.17, 15) is 9.59 Å². The van der Waals surface area contributed by atoms with Crippen molar-refractivity contribution in [1.29, 1.82) is 0 Å². The zero-order valence-corrected chi connectivity index (χ0v) is 12.9. The molecule has 0 spiro atoms. The second-order valence-electron chi connectivity index (χ2n) is 4.98. The molecule has 0 aromatic carbocycles. The summed E-state index contributed by atoms with van der Waals surface area (Å²) in [7, 11) is 1.70. The number of aromatic amines is 1. The number of hydrogen-bond donors (Lipinski definition) is 1. The third-order valence-corrected chi connectivity index (χ3v) is 4.24. The Morgan fingerprint density at radius 2 is 2.32 bits per heavy atom. The maximum atomic E-state index is 12.1. The van der Waals surface area contributed by atoms with Crippen LogP contribution >= 0.6 is 11.3 Å². The molecule has 0 radical (unpaired) electrons. The summed E-state index contributed by atoms with van der Waals surface area (Å²) in [4.78, 5) is 32.6. The van der Waals surface area contributed by atoms with Gasteiger partial charge in [-0.1, -0.05) is 0 Å². The Hall–Kier alpha value is -2.41. The average molecular weight is 317 g/mol. The van der Waals surface area contributed by atoms with Gasteiger partial charge in [-0.05, 0) is 23.6 Å². The molecule has 0 aliphatic carbocycles.